The first-order valence-corrected chi connectivity index (χ1v) is 3.13. The Morgan fingerprint density at radius 3 is 1.47 bits per heavy atom. The molecule has 0 aliphatic rings. The first-order chi connectivity index (χ1) is 5.78. The molecule has 0 unspecified atom stereocenters. The molecular formula is C6H7BiO8. The van der Waals surface area contributed by atoms with E-state index in [-0.39, 0.29) is 31.7 Å². The van der Waals surface area contributed by atoms with Gasteiger partial charge in [-0.05, 0) is 0 Å². The number of aliphatic hydroxyl groups is 1. The van der Waals surface area contributed by atoms with E-state index < -0.39 is 36.4 Å². The van der Waals surface area contributed by atoms with Gasteiger partial charge in [-0.1, -0.05) is 0 Å². The standard InChI is InChI=1S/C6H8O7.Bi.H2O/c7-3(8)1-6(13,5(11)12)2-4(9)10;;/h13H,1-2H2,(H,7,8)(H,9,10)(H,11,12);;1H2/q;+3;/p-3. The fourth-order valence-corrected chi connectivity index (χ4v) is 0.691. The second kappa shape index (κ2) is 7.50. The van der Waals surface area contributed by atoms with Crippen molar-refractivity contribution < 1.29 is 40.3 Å². The fraction of sp³-hybridized carbons (Fsp3) is 0.500. The summed E-state index contributed by atoms with van der Waals surface area (Å²) in [6.45, 7) is 0. The van der Waals surface area contributed by atoms with Crippen molar-refractivity contribution in [3.8, 4) is 0 Å². The van der Waals surface area contributed by atoms with E-state index in [1.54, 1.807) is 0 Å². The fourth-order valence-electron chi connectivity index (χ4n) is 0.691. The molecule has 84 valence electrons. The van der Waals surface area contributed by atoms with Crippen LogP contribution in [0, 0.1) is 0 Å². The first-order valence-electron chi connectivity index (χ1n) is 3.13. The van der Waals surface area contributed by atoms with Crippen LogP contribution in [0.15, 0.2) is 0 Å². The van der Waals surface area contributed by atoms with E-state index in [4.69, 9.17) is 10.2 Å². The summed E-state index contributed by atoms with van der Waals surface area (Å²) < 4.78 is 0. The van der Waals surface area contributed by atoms with Crippen LogP contribution in [0.1, 0.15) is 12.8 Å². The molecule has 0 bridgehead atoms. The summed E-state index contributed by atoms with van der Waals surface area (Å²) in [5, 5.41) is 37.2. The number of carbonyl (C=O) groups is 3. The minimum atomic E-state index is -2.86. The van der Waals surface area contributed by atoms with Gasteiger partial charge in [-0.15, -0.1) is 0 Å². The van der Waals surface area contributed by atoms with Crippen molar-refractivity contribution in [2.75, 3.05) is 0 Å². The van der Waals surface area contributed by atoms with Crippen molar-refractivity contribution in [3.05, 3.63) is 0 Å². The topological polar surface area (TPSA) is 168 Å². The van der Waals surface area contributed by atoms with Crippen LogP contribution in [0.5, 0.6) is 0 Å². The summed E-state index contributed by atoms with van der Waals surface area (Å²) in [4.78, 5) is 30.2. The summed E-state index contributed by atoms with van der Waals surface area (Å²) in [7, 11) is 0. The molecule has 9 heteroatoms. The van der Waals surface area contributed by atoms with Crippen LogP contribution in [0.3, 0.4) is 0 Å². The van der Waals surface area contributed by atoms with Gasteiger partial charge in [0.15, 0.2) is 5.60 Å². The van der Waals surface area contributed by atoms with Crippen LogP contribution in [-0.4, -0.2) is 65.4 Å². The maximum atomic E-state index is 10.3. The predicted octanol–water partition coefficient (Wildman–Crippen LogP) is -4.48. The van der Waals surface area contributed by atoms with Gasteiger partial charge in [0.2, 0.25) is 0 Å². The summed E-state index contributed by atoms with van der Waals surface area (Å²) in [5.74, 6) is -5.65. The van der Waals surface area contributed by atoms with Crippen molar-refractivity contribution in [2.24, 2.45) is 0 Å². The van der Waals surface area contributed by atoms with Crippen LogP contribution in [0.4, 0.5) is 0 Å². The molecule has 0 saturated carbocycles. The Hall–Kier alpha value is -0.787. The third kappa shape index (κ3) is 7.18. The monoisotopic (exact) mass is 416 g/mol. The molecule has 0 rings (SSSR count). The third-order valence-corrected chi connectivity index (χ3v) is 1.27. The molecule has 0 aromatic heterocycles. The van der Waals surface area contributed by atoms with Gasteiger partial charge in [0.05, 0.1) is 0 Å². The van der Waals surface area contributed by atoms with Crippen molar-refractivity contribution >= 4 is 44.1 Å². The normalized spacial score (nSPS) is 9.40. The molecule has 15 heavy (non-hydrogen) atoms. The van der Waals surface area contributed by atoms with Gasteiger partial charge in [-0.2, -0.15) is 0 Å². The number of aliphatic carboxylic acids is 3. The molecule has 0 fully saturated rings. The summed E-state index contributed by atoms with van der Waals surface area (Å²) in [6.07, 6.45) is -2.59. The predicted molar refractivity (Wildman–Crippen MR) is 39.5 cm³/mol. The molecule has 3 N–H and O–H groups in total. The average Bonchev–Trinajstić information content (AvgIpc) is 1.82. The largest absolute Gasteiger partial charge is 3.00 e. The molecule has 0 aliphatic carbocycles. The summed E-state index contributed by atoms with van der Waals surface area (Å²) in [6, 6.07) is 0. The van der Waals surface area contributed by atoms with Crippen molar-refractivity contribution in [1.29, 1.82) is 0 Å². The van der Waals surface area contributed by atoms with E-state index >= 15 is 0 Å². The molecule has 8 nitrogen and oxygen atoms in total. The van der Waals surface area contributed by atoms with Gasteiger partial charge in [-0.3, -0.25) is 0 Å². The van der Waals surface area contributed by atoms with Gasteiger partial charge in [0.25, 0.3) is 0 Å². The smallest absolute Gasteiger partial charge is 0.870 e. The molecule has 0 saturated heterocycles. The zero-order valence-electron chi connectivity index (χ0n) is 7.24. The first kappa shape index (κ1) is 19.7. The number of rotatable bonds is 5. The Morgan fingerprint density at radius 1 is 1.07 bits per heavy atom. The van der Waals surface area contributed by atoms with Crippen LogP contribution in [0.2, 0.25) is 0 Å². The molecule has 0 atom stereocenters. The number of carbonyl (C=O) groups excluding carboxylic acids is 2. The maximum absolute atomic E-state index is 10.3. The minimum absolute atomic E-state index is 0. The van der Waals surface area contributed by atoms with E-state index in [1.807, 2.05) is 0 Å². The van der Waals surface area contributed by atoms with Crippen LogP contribution in [0.25, 0.3) is 0 Å². The summed E-state index contributed by atoms with van der Waals surface area (Å²) >= 11 is 0. The van der Waals surface area contributed by atoms with Gasteiger partial charge < -0.3 is 35.5 Å². The Bertz CT molecular complexity index is 234. The summed E-state index contributed by atoms with van der Waals surface area (Å²) in [5.41, 5.74) is -2.86. The molecular weight excluding hydrogens is 409 g/mol. The van der Waals surface area contributed by atoms with E-state index in [9.17, 15) is 24.6 Å². The molecule has 0 aromatic rings. The Balaban J connectivity index is -0.000000720. The van der Waals surface area contributed by atoms with Crippen molar-refractivity contribution in [3.63, 3.8) is 0 Å². The van der Waals surface area contributed by atoms with Gasteiger partial charge in [-0.25, -0.2) is 4.79 Å². The second-order valence-corrected chi connectivity index (χ2v) is 2.43. The zero-order valence-corrected chi connectivity index (χ0v) is 10.7. The van der Waals surface area contributed by atoms with Crippen LogP contribution >= 0.6 is 0 Å². The average molecular weight is 416 g/mol. The molecule has 0 aromatic carbocycles. The third-order valence-electron chi connectivity index (χ3n) is 1.27. The molecule has 0 spiro atoms. The molecule has 0 aliphatic heterocycles. The molecule has 0 heterocycles. The SMILES string of the molecule is O=C([O-])CC(O)(CC(=O)[O-])C(=O)O.[Bi+3].[OH-]. The van der Waals surface area contributed by atoms with Gasteiger partial charge >= 0.3 is 32.2 Å². The van der Waals surface area contributed by atoms with E-state index in [0.717, 1.165) is 0 Å². The second-order valence-electron chi connectivity index (χ2n) is 2.43. The van der Waals surface area contributed by atoms with Gasteiger partial charge in [0, 0.05) is 24.8 Å². The van der Waals surface area contributed by atoms with E-state index in [2.05, 4.69) is 0 Å². The number of carboxylic acid groups (broad SMARTS) is 3. The molecule has 0 amide bonds. The van der Waals surface area contributed by atoms with E-state index in [0.29, 0.717) is 0 Å². The molecule has 2 radical (unpaired) electrons. The Kier molecular flexibility index (Phi) is 9.86. The number of hydrogen-bond acceptors (Lipinski definition) is 7. The van der Waals surface area contributed by atoms with Crippen LogP contribution in [-0.2, 0) is 14.4 Å². The Morgan fingerprint density at radius 2 is 1.33 bits per heavy atom. The zero-order chi connectivity index (χ0) is 10.6. The quantitative estimate of drug-likeness (QED) is 0.423. The number of hydrogen-bond donors (Lipinski definition) is 2. The van der Waals surface area contributed by atoms with E-state index in [1.165, 1.54) is 0 Å². The van der Waals surface area contributed by atoms with Crippen LogP contribution < -0.4 is 10.2 Å². The van der Waals surface area contributed by atoms with Crippen molar-refractivity contribution in [2.45, 2.75) is 18.4 Å². The van der Waals surface area contributed by atoms with Gasteiger partial charge in [0.1, 0.15) is 0 Å². The maximum Gasteiger partial charge on any atom is 3.00 e. The van der Waals surface area contributed by atoms with Crippen molar-refractivity contribution in [1.82, 2.24) is 0 Å². The minimum Gasteiger partial charge on any atom is -0.870 e. The number of carboxylic acids is 3. The Labute approximate surface area is 103 Å².